The Morgan fingerprint density at radius 3 is 2.17 bits per heavy atom. The van der Waals surface area contributed by atoms with E-state index in [-0.39, 0.29) is 24.9 Å². The summed E-state index contributed by atoms with van der Waals surface area (Å²) in [5.41, 5.74) is 2.48. The van der Waals surface area contributed by atoms with Gasteiger partial charge in [-0.05, 0) is 42.8 Å². The Balaban J connectivity index is 1.80. The first-order chi connectivity index (χ1) is 11.4. The summed E-state index contributed by atoms with van der Waals surface area (Å²) in [6, 6.07) is 14.5. The van der Waals surface area contributed by atoms with Gasteiger partial charge in [0.05, 0.1) is 7.05 Å². The van der Waals surface area contributed by atoms with Gasteiger partial charge < -0.3 is 15.5 Å². The van der Waals surface area contributed by atoms with Crippen LogP contribution in [-0.4, -0.2) is 32.0 Å². The highest BCUT2D eigenvalue weighted by molar-refractivity contribution is 6.30. The number of hydrogen-bond acceptors (Lipinski definition) is 2. The average Bonchev–Trinajstić information content (AvgIpc) is 2.51. The molecule has 0 radical (unpaired) electrons. The number of carbonyl (C=O) groups excluding carboxylic acids is 2. The van der Waals surface area contributed by atoms with Crippen molar-refractivity contribution in [2.24, 2.45) is 0 Å². The highest BCUT2D eigenvalue weighted by Crippen LogP contribution is 2.13. The molecule has 0 aliphatic carbocycles. The van der Waals surface area contributed by atoms with Crippen LogP contribution in [-0.2, 0) is 9.59 Å². The summed E-state index contributed by atoms with van der Waals surface area (Å²) in [4.78, 5) is 24.9. The molecule has 1 atom stereocenters. The third-order valence-electron chi connectivity index (χ3n) is 3.47. The molecule has 2 aromatic rings. The average molecular weight is 347 g/mol. The summed E-state index contributed by atoms with van der Waals surface area (Å²) >= 11 is 5.81. The van der Waals surface area contributed by atoms with Crippen LogP contribution in [0, 0.1) is 6.92 Å². The summed E-state index contributed by atoms with van der Waals surface area (Å²) in [5, 5.41) is 6.26. The molecular formula is C18H21ClN3O2+. The lowest BCUT2D eigenvalue weighted by Gasteiger charge is -2.14. The summed E-state index contributed by atoms with van der Waals surface area (Å²) < 4.78 is 0. The van der Waals surface area contributed by atoms with Gasteiger partial charge in [-0.25, -0.2) is 0 Å². The fourth-order valence-electron chi connectivity index (χ4n) is 2.26. The fraction of sp³-hybridized carbons (Fsp3) is 0.222. The van der Waals surface area contributed by atoms with Crippen LogP contribution in [0.4, 0.5) is 11.4 Å². The van der Waals surface area contributed by atoms with E-state index in [0.717, 1.165) is 16.2 Å². The van der Waals surface area contributed by atoms with Crippen molar-refractivity contribution in [1.29, 1.82) is 0 Å². The van der Waals surface area contributed by atoms with E-state index < -0.39 is 0 Å². The number of halogens is 1. The molecule has 2 rings (SSSR count). The highest BCUT2D eigenvalue weighted by Gasteiger charge is 2.15. The molecule has 3 N–H and O–H groups in total. The Labute approximate surface area is 146 Å². The third-order valence-corrected chi connectivity index (χ3v) is 3.72. The molecule has 0 saturated heterocycles. The maximum atomic E-state index is 12.1. The van der Waals surface area contributed by atoms with Gasteiger partial charge in [0.15, 0.2) is 13.1 Å². The lowest BCUT2D eigenvalue weighted by molar-refractivity contribution is -0.862. The first-order valence-corrected chi connectivity index (χ1v) is 8.04. The SMILES string of the molecule is Cc1ccccc1NC(=O)C[NH+](C)CC(=O)Nc1ccc(Cl)cc1. The molecule has 0 aliphatic heterocycles. The third kappa shape index (κ3) is 5.68. The van der Waals surface area contributed by atoms with Crippen molar-refractivity contribution in [1.82, 2.24) is 0 Å². The molecule has 6 heteroatoms. The van der Waals surface area contributed by atoms with E-state index in [2.05, 4.69) is 10.6 Å². The van der Waals surface area contributed by atoms with E-state index in [1.54, 1.807) is 31.3 Å². The van der Waals surface area contributed by atoms with Crippen molar-refractivity contribution in [3.8, 4) is 0 Å². The predicted octanol–water partition coefficient (Wildman–Crippen LogP) is 1.74. The van der Waals surface area contributed by atoms with Crippen LogP contribution in [0.3, 0.4) is 0 Å². The molecule has 2 aromatic carbocycles. The zero-order chi connectivity index (χ0) is 17.5. The second kappa shape index (κ2) is 8.47. The molecule has 0 aromatic heterocycles. The molecule has 0 fully saturated rings. The number of rotatable bonds is 6. The van der Waals surface area contributed by atoms with Crippen LogP contribution < -0.4 is 15.5 Å². The number of hydrogen-bond donors (Lipinski definition) is 3. The van der Waals surface area contributed by atoms with E-state index in [4.69, 9.17) is 11.6 Å². The molecule has 24 heavy (non-hydrogen) atoms. The van der Waals surface area contributed by atoms with Gasteiger partial charge >= 0.3 is 0 Å². The van der Waals surface area contributed by atoms with Gasteiger partial charge in [0.1, 0.15) is 0 Å². The monoisotopic (exact) mass is 346 g/mol. The van der Waals surface area contributed by atoms with E-state index in [0.29, 0.717) is 10.7 Å². The molecule has 0 spiro atoms. The molecule has 126 valence electrons. The number of aryl methyl sites for hydroxylation is 1. The molecular weight excluding hydrogens is 326 g/mol. The number of likely N-dealkylation sites (N-methyl/N-ethyl adjacent to an activating group) is 1. The maximum Gasteiger partial charge on any atom is 0.279 e. The van der Waals surface area contributed by atoms with Crippen LogP contribution in [0.15, 0.2) is 48.5 Å². The number of carbonyl (C=O) groups is 2. The molecule has 0 bridgehead atoms. The number of benzene rings is 2. The number of anilines is 2. The molecule has 0 heterocycles. The maximum absolute atomic E-state index is 12.1. The number of quaternary nitrogens is 1. The molecule has 0 saturated carbocycles. The minimum absolute atomic E-state index is 0.124. The van der Waals surface area contributed by atoms with Crippen LogP contribution in [0.2, 0.25) is 5.02 Å². The number of amides is 2. The lowest BCUT2D eigenvalue weighted by atomic mass is 10.2. The van der Waals surface area contributed by atoms with Gasteiger partial charge in [-0.3, -0.25) is 9.59 Å². The van der Waals surface area contributed by atoms with E-state index >= 15 is 0 Å². The van der Waals surface area contributed by atoms with E-state index in [9.17, 15) is 9.59 Å². The number of nitrogens with one attached hydrogen (secondary N) is 3. The minimum Gasteiger partial charge on any atom is -0.322 e. The predicted molar refractivity (Wildman–Crippen MR) is 96.5 cm³/mol. The van der Waals surface area contributed by atoms with E-state index in [1.165, 1.54) is 0 Å². The summed E-state index contributed by atoms with van der Waals surface area (Å²) in [6.07, 6.45) is 0. The van der Waals surface area contributed by atoms with Gasteiger partial charge in [-0.2, -0.15) is 0 Å². The molecule has 5 nitrogen and oxygen atoms in total. The first-order valence-electron chi connectivity index (χ1n) is 7.66. The van der Waals surface area contributed by atoms with Crippen molar-refractivity contribution in [3.63, 3.8) is 0 Å². The van der Waals surface area contributed by atoms with Gasteiger partial charge in [-0.15, -0.1) is 0 Å². The largest absolute Gasteiger partial charge is 0.322 e. The Morgan fingerprint density at radius 2 is 1.54 bits per heavy atom. The van der Waals surface area contributed by atoms with Crippen molar-refractivity contribution >= 4 is 34.8 Å². The Kier molecular flexibility index (Phi) is 6.35. The minimum atomic E-state index is -0.154. The Bertz CT molecular complexity index is 716. The van der Waals surface area contributed by atoms with Crippen LogP contribution in [0.1, 0.15) is 5.56 Å². The van der Waals surface area contributed by atoms with Gasteiger partial charge in [0, 0.05) is 16.4 Å². The van der Waals surface area contributed by atoms with Crippen LogP contribution in [0.5, 0.6) is 0 Å². The second-order valence-corrected chi connectivity index (χ2v) is 6.17. The van der Waals surface area contributed by atoms with Gasteiger partial charge in [0.2, 0.25) is 0 Å². The summed E-state index contributed by atoms with van der Waals surface area (Å²) in [6.45, 7) is 2.35. The van der Waals surface area contributed by atoms with Crippen LogP contribution >= 0.6 is 11.6 Å². The smallest absolute Gasteiger partial charge is 0.279 e. The van der Waals surface area contributed by atoms with Crippen molar-refractivity contribution in [3.05, 3.63) is 59.1 Å². The second-order valence-electron chi connectivity index (χ2n) is 5.73. The van der Waals surface area contributed by atoms with Gasteiger partial charge in [-0.1, -0.05) is 29.8 Å². The molecule has 1 unspecified atom stereocenters. The molecule has 2 amide bonds. The molecule has 0 aliphatic rings. The van der Waals surface area contributed by atoms with Gasteiger partial charge in [0.25, 0.3) is 11.8 Å². The summed E-state index contributed by atoms with van der Waals surface area (Å²) in [5.74, 6) is -0.278. The van der Waals surface area contributed by atoms with E-state index in [1.807, 2.05) is 31.2 Å². The zero-order valence-corrected chi connectivity index (χ0v) is 14.5. The van der Waals surface area contributed by atoms with Crippen LogP contribution in [0.25, 0.3) is 0 Å². The quantitative estimate of drug-likeness (QED) is 0.746. The summed E-state index contributed by atoms with van der Waals surface area (Å²) in [7, 11) is 1.80. The lowest BCUT2D eigenvalue weighted by Crippen LogP contribution is -3.11. The fourth-order valence-corrected chi connectivity index (χ4v) is 2.38. The Morgan fingerprint density at radius 1 is 0.958 bits per heavy atom. The van der Waals surface area contributed by atoms with Crippen molar-refractivity contribution in [2.75, 3.05) is 30.8 Å². The Hall–Kier alpha value is -2.37. The zero-order valence-electron chi connectivity index (χ0n) is 13.7. The topological polar surface area (TPSA) is 62.6 Å². The van der Waals surface area contributed by atoms with Crippen molar-refractivity contribution < 1.29 is 14.5 Å². The standard InChI is InChI=1S/C18H20ClN3O2/c1-13-5-3-4-6-16(13)21-18(24)12-22(2)11-17(23)20-15-9-7-14(19)8-10-15/h3-10H,11-12H2,1-2H3,(H,20,23)(H,21,24)/p+1. The highest BCUT2D eigenvalue weighted by atomic mass is 35.5. The normalized spacial score (nSPS) is 11.6. The van der Waals surface area contributed by atoms with Crippen molar-refractivity contribution in [2.45, 2.75) is 6.92 Å². The number of para-hydroxylation sites is 1. The first kappa shape index (κ1) is 18.0.